The van der Waals surface area contributed by atoms with Crippen LogP contribution >= 0.6 is 0 Å². The molecule has 5 heteroatoms. The molecule has 0 saturated carbocycles. The van der Waals surface area contributed by atoms with E-state index in [-0.39, 0.29) is 0 Å². The Hall–Kier alpha value is -3.05. The third kappa shape index (κ3) is 4.10. The second kappa shape index (κ2) is 8.31. The minimum absolute atomic E-state index is 0.489. The normalized spacial score (nSPS) is 13.8. The maximum Gasteiger partial charge on any atom is 0.131 e. The fourth-order valence-corrected chi connectivity index (χ4v) is 3.61. The van der Waals surface area contributed by atoms with Gasteiger partial charge in [0.05, 0.1) is 12.8 Å². The van der Waals surface area contributed by atoms with Crippen LogP contribution in [0.5, 0.6) is 11.5 Å². The molecule has 0 unspecified atom stereocenters. The predicted octanol–water partition coefficient (Wildman–Crippen LogP) is 3.78. The molecule has 0 atom stereocenters. The summed E-state index contributed by atoms with van der Waals surface area (Å²) < 4.78 is 11.5. The summed E-state index contributed by atoms with van der Waals surface area (Å²) in [5.74, 6) is 2.01. The molecule has 1 aliphatic rings. The molecule has 2 aromatic carbocycles. The number of nitrogens with two attached hydrogens (primary N) is 1. The number of hydrogen-bond acceptors (Lipinski definition) is 5. The molecular weight excluding hydrogens is 350 g/mol. The maximum absolute atomic E-state index is 5.99. The number of nitrogens with zero attached hydrogens (tertiary/aromatic N) is 2. The van der Waals surface area contributed by atoms with Crippen molar-refractivity contribution in [3.63, 3.8) is 0 Å². The van der Waals surface area contributed by atoms with Gasteiger partial charge >= 0.3 is 0 Å². The lowest BCUT2D eigenvalue weighted by Crippen LogP contribution is -2.33. The average molecular weight is 375 g/mol. The van der Waals surface area contributed by atoms with Crippen LogP contribution in [0.2, 0.25) is 0 Å². The van der Waals surface area contributed by atoms with Crippen molar-refractivity contribution in [3.05, 3.63) is 71.8 Å². The van der Waals surface area contributed by atoms with Crippen LogP contribution in [-0.4, -0.2) is 36.7 Å². The fourth-order valence-electron chi connectivity index (χ4n) is 3.61. The highest BCUT2D eigenvalue weighted by molar-refractivity contribution is 5.69. The molecule has 0 amide bonds. The molecule has 0 spiro atoms. The Kier molecular flexibility index (Phi) is 5.44. The van der Waals surface area contributed by atoms with E-state index in [1.165, 1.54) is 11.1 Å². The highest BCUT2D eigenvalue weighted by atomic mass is 16.5. The standard InChI is InChI=1S/C23H25N3O2/c1-27-22-15-19(9-10-20(22)21-7-4-8-23(24)25-21)28-14-13-26-12-11-17-5-2-3-6-18(17)16-26/h2-10,15H,11-14,16H2,1H3,(H2,24,25). The van der Waals surface area contributed by atoms with Crippen molar-refractivity contribution in [3.8, 4) is 22.8 Å². The van der Waals surface area contributed by atoms with E-state index in [4.69, 9.17) is 15.2 Å². The molecule has 28 heavy (non-hydrogen) atoms. The van der Waals surface area contributed by atoms with Crippen molar-refractivity contribution >= 4 is 5.82 Å². The van der Waals surface area contributed by atoms with Crippen LogP contribution < -0.4 is 15.2 Å². The summed E-state index contributed by atoms with van der Waals surface area (Å²) in [6.45, 7) is 3.60. The molecule has 5 nitrogen and oxygen atoms in total. The van der Waals surface area contributed by atoms with Crippen molar-refractivity contribution in [2.24, 2.45) is 0 Å². The first-order valence-electron chi connectivity index (χ1n) is 9.56. The number of aromatic nitrogens is 1. The number of rotatable bonds is 6. The van der Waals surface area contributed by atoms with E-state index in [2.05, 4.69) is 34.1 Å². The van der Waals surface area contributed by atoms with E-state index in [0.717, 1.165) is 48.8 Å². The quantitative estimate of drug-likeness (QED) is 0.711. The summed E-state index contributed by atoms with van der Waals surface area (Å²) in [6.07, 6.45) is 1.10. The Morgan fingerprint density at radius 1 is 1.04 bits per heavy atom. The number of hydrogen-bond donors (Lipinski definition) is 1. The number of methoxy groups -OCH3 is 1. The Morgan fingerprint density at radius 2 is 1.89 bits per heavy atom. The summed E-state index contributed by atoms with van der Waals surface area (Å²) in [5.41, 5.74) is 10.4. The molecule has 0 fully saturated rings. The second-order valence-corrected chi connectivity index (χ2v) is 6.95. The molecular formula is C23H25N3O2. The van der Waals surface area contributed by atoms with Crippen LogP contribution in [0.1, 0.15) is 11.1 Å². The summed E-state index contributed by atoms with van der Waals surface area (Å²) in [7, 11) is 1.65. The highest BCUT2D eigenvalue weighted by Crippen LogP contribution is 2.32. The van der Waals surface area contributed by atoms with Crippen molar-refractivity contribution in [1.29, 1.82) is 0 Å². The zero-order valence-corrected chi connectivity index (χ0v) is 16.1. The minimum atomic E-state index is 0.489. The van der Waals surface area contributed by atoms with Gasteiger partial charge in [0.15, 0.2) is 0 Å². The topological polar surface area (TPSA) is 60.6 Å². The van der Waals surface area contributed by atoms with Crippen LogP contribution in [-0.2, 0) is 13.0 Å². The van der Waals surface area contributed by atoms with Crippen LogP contribution in [0.15, 0.2) is 60.7 Å². The first-order valence-corrected chi connectivity index (χ1v) is 9.56. The summed E-state index contributed by atoms with van der Waals surface area (Å²) in [6, 6.07) is 20.1. The first kappa shape index (κ1) is 18.3. The Balaban J connectivity index is 1.38. The molecule has 3 aromatic rings. The van der Waals surface area contributed by atoms with Gasteiger partial charge in [-0.2, -0.15) is 0 Å². The Bertz CT molecular complexity index is 958. The molecule has 0 aliphatic carbocycles. The lowest BCUT2D eigenvalue weighted by atomic mass is 10.0. The van der Waals surface area contributed by atoms with Gasteiger partial charge in [0.1, 0.15) is 23.9 Å². The van der Waals surface area contributed by atoms with Gasteiger partial charge in [0.2, 0.25) is 0 Å². The molecule has 0 saturated heterocycles. The van der Waals surface area contributed by atoms with Gasteiger partial charge in [-0.25, -0.2) is 4.98 Å². The van der Waals surface area contributed by atoms with Crippen LogP contribution in [0, 0.1) is 0 Å². The van der Waals surface area contributed by atoms with Crippen LogP contribution in [0.25, 0.3) is 11.3 Å². The smallest absolute Gasteiger partial charge is 0.131 e. The zero-order valence-electron chi connectivity index (χ0n) is 16.1. The van der Waals surface area contributed by atoms with Gasteiger partial charge in [-0.1, -0.05) is 30.3 Å². The Labute approximate surface area is 165 Å². The van der Waals surface area contributed by atoms with Gasteiger partial charge < -0.3 is 15.2 Å². The van der Waals surface area contributed by atoms with E-state index in [9.17, 15) is 0 Å². The van der Waals surface area contributed by atoms with Crippen molar-refractivity contribution < 1.29 is 9.47 Å². The van der Waals surface area contributed by atoms with E-state index >= 15 is 0 Å². The first-order chi connectivity index (χ1) is 13.7. The molecule has 2 N–H and O–H groups in total. The van der Waals surface area contributed by atoms with E-state index in [1.54, 1.807) is 13.2 Å². The lowest BCUT2D eigenvalue weighted by molar-refractivity contribution is 0.196. The second-order valence-electron chi connectivity index (χ2n) is 6.95. The summed E-state index contributed by atoms with van der Waals surface area (Å²) in [5, 5.41) is 0. The molecule has 1 aliphatic heterocycles. The van der Waals surface area contributed by atoms with Crippen molar-refractivity contribution in [2.45, 2.75) is 13.0 Å². The average Bonchev–Trinajstić information content (AvgIpc) is 2.73. The fraction of sp³-hybridized carbons (Fsp3) is 0.261. The largest absolute Gasteiger partial charge is 0.496 e. The number of anilines is 1. The number of benzene rings is 2. The predicted molar refractivity (Wildman–Crippen MR) is 112 cm³/mol. The summed E-state index contributed by atoms with van der Waals surface area (Å²) >= 11 is 0. The zero-order chi connectivity index (χ0) is 19.3. The van der Waals surface area contributed by atoms with Gasteiger partial charge in [-0.15, -0.1) is 0 Å². The molecule has 0 radical (unpaired) electrons. The number of fused-ring (bicyclic) bond motifs is 1. The third-order valence-corrected chi connectivity index (χ3v) is 5.11. The van der Waals surface area contributed by atoms with Gasteiger partial charge in [0.25, 0.3) is 0 Å². The van der Waals surface area contributed by atoms with Gasteiger partial charge in [-0.05, 0) is 41.8 Å². The Morgan fingerprint density at radius 3 is 2.71 bits per heavy atom. The molecule has 2 heterocycles. The van der Waals surface area contributed by atoms with Crippen molar-refractivity contribution in [1.82, 2.24) is 9.88 Å². The van der Waals surface area contributed by atoms with Crippen molar-refractivity contribution in [2.75, 3.05) is 32.5 Å². The third-order valence-electron chi connectivity index (χ3n) is 5.11. The van der Waals surface area contributed by atoms with E-state index in [0.29, 0.717) is 12.4 Å². The number of nitrogen functional groups attached to an aromatic ring is 1. The molecule has 4 rings (SSSR count). The lowest BCUT2D eigenvalue weighted by Gasteiger charge is -2.28. The van der Waals surface area contributed by atoms with Gasteiger partial charge in [-0.3, -0.25) is 4.90 Å². The van der Waals surface area contributed by atoms with E-state index in [1.807, 2.05) is 30.3 Å². The van der Waals surface area contributed by atoms with Crippen LogP contribution in [0.3, 0.4) is 0 Å². The maximum atomic E-state index is 5.99. The molecule has 0 bridgehead atoms. The van der Waals surface area contributed by atoms with Gasteiger partial charge in [0, 0.05) is 31.3 Å². The SMILES string of the molecule is COc1cc(OCCN2CCc3ccccc3C2)ccc1-c1cccc(N)n1. The molecule has 1 aromatic heterocycles. The minimum Gasteiger partial charge on any atom is -0.496 e. The number of ether oxygens (including phenoxy) is 2. The molecule has 144 valence electrons. The summed E-state index contributed by atoms with van der Waals surface area (Å²) in [4.78, 5) is 6.81. The van der Waals surface area contributed by atoms with E-state index < -0.39 is 0 Å². The highest BCUT2D eigenvalue weighted by Gasteiger charge is 2.15. The number of pyridine rings is 1. The van der Waals surface area contributed by atoms with Crippen LogP contribution in [0.4, 0.5) is 5.82 Å². The monoisotopic (exact) mass is 375 g/mol.